The maximum atomic E-state index is 13.1. The Labute approximate surface area is 103 Å². The van der Waals surface area contributed by atoms with E-state index in [4.69, 9.17) is 4.74 Å². The zero-order chi connectivity index (χ0) is 11.8. The van der Waals surface area contributed by atoms with Crippen molar-refractivity contribution in [1.29, 1.82) is 0 Å². The van der Waals surface area contributed by atoms with Gasteiger partial charge in [0.25, 0.3) is 0 Å². The number of benzene rings is 1. The number of ether oxygens (including phenoxy) is 1. The summed E-state index contributed by atoms with van der Waals surface area (Å²) in [4.78, 5) is 0. The smallest absolute Gasteiger partial charge is 0.137 e. The largest absolute Gasteiger partial charge is 0.370 e. The Bertz CT molecular complexity index is 385. The van der Waals surface area contributed by atoms with Crippen molar-refractivity contribution in [3.8, 4) is 0 Å². The Kier molecular flexibility index (Phi) is 3.33. The van der Waals surface area contributed by atoms with Gasteiger partial charge in [0.2, 0.25) is 0 Å². The predicted molar refractivity (Wildman–Crippen MR) is 64.9 cm³/mol. The molecule has 1 saturated heterocycles. The van der Waals surface area contributed by atoms with Crippen molar-refractivity contribution in [2.45, 2.75) is 25.5 Å². The summed E-state index contributed by atoms with van der Waals surface area (Å²) in [5.74, 6) is -0.243. The summed E-state index contributed by atoms with van der Waals surface area (Å²) in [6.07, 6.45) is 0.00456. The quantitative estimate of drug-likeness (QED) is 0.857. The van der Waals surface area contributed by atoms with Crippen LogP contribution in [0.15, 0.2) is 22.7 Å². The van der Waals surface area contributed by atoms with E-state index >= 15 is 0 Å². The third-order valence-electron chi connectivity index (χ3n) is 2.73. The fraction of sp³-hybridized carbons (Fsp3) is 0.500. The van der Waals surface area contributed by atoms with E-state index < -0.39 is 0 Å². The third-order valence-corrected chi connectivity index (χ3v) is 3.33. The average Bonchev–Trinajstić information content (AvgIpc) is 2.22. The minimum Gasteiger partial charge on any atom is -0.370 e. The van der Waals surface area contributed by atoms with E-state index in [1.165, 1.54) is 6.07 Å². The van der Waals surface area contributed by atoms with E-state index in [0.29, 0.717) is 11.1 Å². The lowest BCUT2D eigenvalue weighted by Crippen LogP contribution is -2.50. The first kappa shape index (κ1) is 12.0. The molecule has 1 fully saturated rings. The van der Waals surface area contributed by atoms with Gasteiger partial charge in [-0.25, -0.2) is 4.39 Å². The first-order chi connectivity index (χ1) is 7.48. The van der Waals surface area contributed by atoms with E-state index in [1.807, 2.05) is 0 Å². The Hall–Kier alpha value is -0.450. The van der Waals surface area contributed by atoms with Crippen LogP contribution in [0.5, 0.6) is 0 Å². The minimum atomic E-state index is -0.243. The molecule has 1 aliphatic rings. The summed E-state index contributed by atoms with van der Waals surface area (Å²) in [5.41, 5.74) is 1.02. The van der Waals surface area contributed by atoms with Crippen molar-refractivity contribution in [1.82, 2.24) is 5.32 Å². The van der Waals surface area contributed by atoms with Gasteiger partial charge in [0, 0.05) is 12.1 Å². The molecule has 1 heterocycles. The Balaban J connectivity index is 2.11. The molecule has 1 atom stereocenters. The number of hydrogen-bond donors (Lipinski definition) is 1. The maximum absolute atomic E-state index is 13.1. The first-order valence-corrected chi connectivity index (χ1v) is 6.09. The summed E-state index contributed by atoms with van der Waals surface area (Å²) < 4.78 is 19.3. The van der Waals surface area contributed by atoms with E-state index in [0.717, 1.165) is 12.1 Å². The normalized spacial score (nSPS) is 24.4. The lowest BCUT2D eigenvalue weighted by atomic mass is 10.0. The highest BCUT2D eigenvalue weighted by Gasteiger charge is 2.27. The second-order valence-corrected chi connectivity index (χ2v) is 5.59. The van der Waals surface area contributed by atoms with Crippen LogP contribution in [0.4, 0.5) is 4.39 Å². The molecule has 88 valence electrons. The van der Waals surface area contributed by atoms with Gasteiger partial charge in [0.05, 0.1) is 17.2 Å². The fourth-order valence-electron chi connectivity index (χ4n) is 1.71. The number of rotatable bonds is 1. The summed E-state index contributed by atoms with van der Waals surface area (Å²) in [6, 6.07) is 5.01. The number of nitrogens with one attached hydrogen (secondary N) is 1. The maximum Gasteiger partial charge on any atom is 0.137 e. The first-order valence-electron chi connectivity index (χ1n) is 5.29. The van der Waals surface area contributed by atoms with Crippen molar-refractivity contribution in [3.63, 3.8) is 0 Å². The average molecular weight is 288 g/mol. The monoisotopic (exact) mass is 287 g/mol. The molecular weight excluding hydrogens is 273 g/mol. The molecule has 0 aromatic heterocycles. The van der Waals surface area contributed by atoms with Crippen molar-refractivity contribution < 1.29 is 9.13 Å². The van der Waals surface area contributed by atoms with Crippen LogP contribution in [-0.4, -0.2) is 18.7 Å². The fourth-order valence-corrected chi connectivity index (χ4v) is 2.11. The van der Waals surface area contributed by atoms with Gasteiger partial charge in [0.15, 0.2) is 0 Å². The van der Waals surface area contributed by atoms with Gasteiger partial charge in [-0.05, 0) is 47.5 Å². The minimum absolute atomic E-state index is 0.00456. The predicted octanol–water partition coefficient (Wildman–Crippen LogP) is 3.03. The highest BCUT2D eigenvalue weighted by molar-refractivity contribution is 9.10. The second-order valence-electron chi connectivity index (χ2n) is 4.74. The van der Waals surface area contributed by atoms with Crippen molar-refractivity contribution in [2.75, 3.05) is 13.2 Å². The Morgan fingerprint density at radius 3 is 2.81 bits per heavy atom. The molecule has 1 N–H and O–H groups in total. The topological polar surface area (TPSA) is 21.3 Å². The molecule has 2 nitrogen and oxygen atoms in total. The molecular formula is C12H15BrFNO. The van der Waals surface area contributed by atoms with Crippen LogP contribution in [-0.2, 0) is 4.74 Å². The molecule has 0 bridgehead atoms. The standard InChI is InChI=1S/C12H15BrFNO/c1-12(2)7-16-11(6-15-12)8-3-4-10(14)9(13)5-8/h3-5,11,15H,6-7H2,1-2H3. The molecule has 1 aromatic carbocycles. The molecule has 0 aliphatic carbocycles. The van der Waals surface area contributed by atoms with Gasteiger partial charge >= 0.3 is 0 Å². The van der Waals surface area contributed by atoms with Crippen molar-refractivity contribution in [3.05, 3.63) is 34.1 Å². The van der Waals surface area contributed by atoms with Gasteiger partial charge < -0.3 is 10.1 Å². The molecule has 16 heavy (non-hydrogen) atoms. The number of morpholine rings is 1. The lowest BCUT2D eigenvalue weighted by molar-refractivity contribution is -0.0229. The summed E-state index contributed by atoms with van der Waals surface area (Å²) in [7, 11) is 0. The summed E-state index contributed by atoms with van der Waals surface area (Å²) in [6.45, 7) is 5.62. The van der Waals surface area contributed by atoms with Crippen LogP contribution in [0.25, 0.3) is 0 Å². The number of hydrogen-bond acceptors (Lipinski definition) is 2. The highest BCUT2D eigenvalue weighted by atomic mass is 79.9. The van der Waals surface area contributed by atoms with E-state index in [2.05, 4.69) is 35.1 Å². The van der Waals surface area contributed by atoms with Crippen LogP contribution in [0.3, 0.4) is 0 Å². The molecule has 4 heteroatoms. The van der Waals surface area contributed by atoms with Crippen LogP contribution in [0.1, 0.15) is 25.5 Å². The molecule has 0 amide bonds. The Morgan fingerprint density at radius 2 is 2.25 bits per heavy atom. The highest BCUT2D eigenvalue weighted by Crippen LogP contribution is 2.26. The molecule has 0 saturated carbocycles. The second kappa shape index (κ2) is 4.43. The Morgan fingerprint density at radius 1 is 1.50 bits per heavy atom. The SMILES string of the molecule is CC1(C)COC(c2ccc(F)c(Br)c2)CN1. The van der Waals surface area contributed by atoms with Crippen LogP contribution >= 0.6 is 15.9 Å². The zero-order valence-electron chi connectivity index (χ0n) is 9.39. The van der Waals surface area contributed by atoms with Crippen molar-refractivity contribution in [2.24, 2.45) is 0 Å². The summed E-state index contributed by atoms with van der Waals surface area (Å²) >= 11 is 3.18. The van der Waals surface area contributed by atoms with Crippen LogP contribution in [0.2, 0.25) is 0 Å². The van der Waals surface area contributed by atoms with Gasteiger partial charge in [-0.2, -0.15) is 0 Å². The summed E-state index contributed by atoms with van der Waals surface area (Å²) in [5, 5.41) is 3.41. The molecule has 1 unspecified atom stereocenters. The van der Waals surface area contributed by atoms with Crippen LogP contribution in [0, 0.1) is 5.82 Å². The van der Waals surface area contributed by atoms with Gasteiger partial charge in [0.1, 0.15) is 5.82 Å². The number of halogens is 2. The van der Waals surface area contributed by atoms with Gasteiger partial charge in [-0.1, -0.05) is 6.07 Å². The lowest BCUT2D eigenvalue weighted by Gasteiger charge is -2.36. The van der Waals surface area contributed by atoms with Crippen molar-refractivity contribution >= 4 is 15.9 Å². The molecule has 1 aliphatic heterocycles. The van der Waals surface area contributed by atoms with E-state index in [1.54, 1.807) is 12.1 Å². The van der Waals surface area contributed by atoms with E-state index in [-0.39, 0.29) is 17.5 Å². The van der Waals surface area contributed by atoms with Gasteiger partial charge in [-0.15, -0.1) is 0 Å². The molecule has 0 spiro atoms. The van der Waals surface area contributed by atoms with E-state index in [9.17, 15) is 4.39 Å². The van der Waals surface area contributed by atoms with Crippen LogP contribution < -0.4 is 5.32 Å². The van der Waals surface area contributed by atoms with Gasteiger partial charge in [-0.3, -0.25) is 0 Å². The molecule has 1 aromatic rings. The third kappa shape index (κ3) is 2.62. The molecule has 0 radical (unpaired) electrons. The molecule has 2 rings (SSSR count). The zero-order valence-corrected chi connectivity index (χ0v) is 11.0.